The third kappa shape index (κ3) is 3.07. The number of ether oxygens (including phenoxy) is 1. The second kappa shape index (κ2) is 5.50. The van der Waals surface area contributed by atoms with Crippen molar-refractivity contribution in [1.29, 1.82) is 0 Å². The summed E-state index contributed by atoms with van der Waals surface area (Å²) in [6.45, 7) is 0.815. The van der Waals surface area contributed by atoms with E-state index in [1.165, 1.54) is 5.56 Å². The van der Waals surface area contributed by atoms with Gasteiger partial charge >= 0.3 is 0 Å². The van der Waals surface area contributed by atoms with Crippen molar-refractivity contribution in [3.63, 3.8) is 0 Å². The van der Waals surface area contributed by atoms with Gasteiger partial charge in [-0.05, 0) is 24.7 Å². The SMILES string of the molecule is CNCc1cnc(Cc2ccc(OC)cc2)[nH]1. The standard InChI is InChI=1S/C13H17N3O/c1-14-8-11-9-15-13(16-11)7-10-3-5-12(17-2)6-4-10/h3-6,9,14H,7-8H2,1-2H3,(H,15,16). The second-order valence-corrected chi connectivity index (χ2v) is 3.91. The summed E-state index contributed by atoms with van der Waals surface area (Å²) >= 11 is 0. The molecule has 0 radical (unpaired) electrons. The molecule has 17 heavy (non-hydrogen) atoms. The Hall–Kier alpha value is -1.81. The van der Waals surface area contributed by atoms with E-state index in [9.17, 15) is 0 Å². The molecule has 2 aromatic rings. The monoisotopic (exact) mass is 231 g/mol. The molecule has 0 fully saturated rings. The van der Waals surface area contributed by atoms with E-state index in [1.54, 1.807) is 7.11 Å². The summed E-state index contributed by atoms with van der Waals surface area (Å²) in [6, 6.07) is 8.04. The third-order valence-electron chi connectivity index (χ3n) is 2.58. The van der Waals surface area contributed by atoms with E-state index in [0.29, 0.717) is 0 Å². The number of rotatable bonds is 5. The van der Waals surface area contributed by atoms with Crippen LogP contribution >= 0.6 is 0 Å². The van der Waals surface area contributed by atoms with Crippen molar-refractivity contribution in [2.24, 2.45) is 0 Å². The summed E-state index contributed by atoms with van der Waals surface area (Å²) in [7, 11) is 3.59. The molecule has 0 saturated carbocycles. The van der Waals surface area contributed by atoms with Crippen LogP contribution in [0.3, 0.4) is 0 Å². The molecule has 0 spiro atoms. The topological polar surface area (TPSA) is 49.9 Å². The van der Waals surface area contributed by atoms with Gasteiger partial charge in [-0.3, -0.25) is 0 Å². The molecule has 4 heteroatoms. The summed E-state index contributed by atoms with van der Waals surface area (Å²) < 4.78 is 5.12. The quantitative estimate of drug-likeness (QED) is 0.824. The normalized spacial score (nSPS) is 10.5. The Kier molecular flexibility index (Phi) is 3.77. The summed E-state index contributed by atoms with van der Waals surface area (Å²) in [6.07, 6.45) is 2.68. The van der Waals surface area contributed by atoms with Crippen LogP contribution in [0.2, 0.25) is 0 Å². The summed E-state index contributed by atoms with van der Waals surface area (Å²) in [5.41, 5.74) is 2.33. The van der Waals surface area contributed by atoms with Gasteiger partial charge in [0.1, 0.15) is 11.6 Å². The minimum atomic E-state index is 0.813. The summed E-state index contributed by atoms with van der Waals surface area (Å²) in [5.74, 6) is 1.87. The number of aromatic nitrogens is 2. The first-order chi connectivity index (χ1) is 8.31. The van der Waals surface area contributed by atoms with Crippen LogP contribution in [0.5, 0.6) is 5.75 Å². The molecule has 90 valence electrons. The van der Waals surface area contributed by atoms with Crippen LogP contribution in [0.4, 0.5) is 0 Å². The maximum Gasteiger partial charge on any atom is 0.118 e. The van der Waals surface area contributed by atoms with E-state index in [0.717, 1.165) is 30.2 Å². The molecule has 1 aromatic heterocycles. The molecule has 0 bridgehead atoms. The Labute approximate surface area is 101 Å². The van der Waals surface area contributed by atoms with Crippen molar-refractivity contribution in [1.82, 2.24) is 15.3 Å². The lowest BCUT2D eigenvalue weighted by Gasteiger charge is -2.01. The number of nitrogens with zero attached hydrogens (tertiary/aromatic N) is 1. The summed E-state index contributed by atoms with van der Waals surface area (Å²) in [5, 5.41) is 3.09. The smallest absolute Gasteiger partial charge is 0.118 e. The molecular weight excluding hydrogens is 214 g/mol. The van der Waals surface area contributed by atoms with Gasteiger partial charge in [0.15, 0.2) is 0 Å². The van der Waals surface area contributed by atoms with Crippen LogP contribution < -0.4 is 10.1 Å². The predicted molar refractivity (Wildman–Crippen MR) is 67.2 cm³/mol. The number of nitrogens with one attached hydrogen (secondary N) is 2. The lowest BCUT2D eigenvalue weighted by molar-refractivity contribution is 0.414. The van der Waals surface area contributed by atoms with Gasteiger partial charge in [0.2, 0.25) is 0 Å². The average Bonchev–Trinajstić information content (AvgIpc) is 2.78. The molecule has 0 unspecified atom stereocenters. The maximum atomic E-state index is 5.12. The highest BCUT2D eigenvalue weighted by Crippen LogP contribution is 2.13. The van der Waals surface area contributed by atoms with Crippen molar-refractivity contribution >= 4 is 0 Å². The Balaban J connectivity index is 2.03. The van der Waals surface area contributed by atoms with Crippen LogP contribution in [-0.4, -0.2) is 24.1 Å². The fourth-order valence-electron chi connectivity index (χ4n) is 1.71. The Morgan fingerprint density at radius 2 is 2.06 bits per heavy atom. The molecular formula is C13H17N3O. The Morgan fingerprint density at radius 1 is 1.29 bits per heavy atom. The van der Waals surface area contributed by atoms with Gasteiger partial charge in [-0.15, -0.1) is 0 Å². The fourth-order valence-corrected chi connectivity index (χ4v) is 1.71. The maximum absolute atomic E-state index is 5.12. The lowest BCUT2D eigenvalue weighted by atomic mass is 10.1. The minimum Gasteiger partial charge on any atom is -0.497 e. The molecule has 0 saturated heterocycles. The first kappa shape index (κ1) is 11.7. The highest BCUT2D eigenvalue weighted by molar-refractivity contribution is 5.28. The van der Waals surface area contributed by atoms with Gasteiger partial charge in [0.25, 0.3) is 0 Å². The highest BCUT2D eigenvalue weighted by atomic mass is 16.5. The van der Waals surface area contributed by atoms with Gasteiger partial charge in [-0.1, -0.05) is 12.1 Å². The number of H-pyrrole nitrogens is 1. The van der Waals surface area contributed by atoms with Gasteiger partial charge in [0.05, 0.1) is 7.11 Å². The highest BCUT2D eigenvalue weighted by Gasteiger charge is 2.01. The van der Waals surface area contributed by atoms with Gasteiger partial charge in [-0.2, -0.15) is 0 Å². The zero-order valence-corrected chi connectivity index (χ0v) is 10.2. The Morgan fingerprint density at radius 3 is 2.71 bits per heavy atom. The van der Waals surface area contributed by atoms with E-state index < -0.39 is 0 Å². The van der Waals surface area contributed by atoms with Crippen molar-refractivity contribution in [2.45, 2.75) is 13.0 Å². The van der Waals surface area contributed by atoms with Crippen molar-refractivity contribution in [2.75, 3.05) is 14.2 Å². The van der Waals surface area contributed by atoms with Gasteiger partial charge in [-0.25, -0.2) is 4.98 Å². The van der Waals surface area contributed by atoms with Crippen LogP contribution in [0, 0.1) is 0 Å². The average molecular weight is 231 g/mol. The molecule has 0 atom stereocenters. The van der Waals surface area contributed by atoms with Crippen LogP contribution in [0.1, 0.15) is 17.1 Å². The van der Waals surface area contributed by atoms with Crippen molar-refractivity contribution < 1.29 is 4.74 Å². The molecule has 1 heterocycles. The third-order valence-corrected chi connectivity index (χ3v) is 2.58. The minimum absolute atomic E-state index is 0.813. The van der Waals surface area contributed by atoms with Gasteiger partial charge in [0, 0.05) is 24.9 Å². The molecule has 1 aromatic carbocycles. The largest absolute Gasteiger partial charge is 0.497 e. The number of hydrogen-bond donors (Lipinski definition) is 2. The molecule has 2 N–H and O–H groups in total. The van der Waals surface area contributed by atoms with Crippen LogP contribution in [0.15, 0.2) is 30.5 Å². The molecule has 0 aliphatic carbocycles. The number of methoxy groups -OCH3 is 1. The number of aromatic amines is 1. The molecule has 0 aliphatic heterocycles. The number of benzene rings is 1. The molecule has 2 rings (SSSR count). The van der Waals surface area contributed by atoms with Gasteiger partial charge < -0.3 is 15.0 Å². The molecule has 0 amide bonds. The predicted octanol–water partition coefficient (Wildman–Crippen LogP) is 1.73. The van der Waals surface area contributed by atoms with E-state index in [1.807, 2.05) is 25.4 Å². The molecule has 4 nitrogen and oxygen atoms in total. The van der Waals surface area contributed by atoms with E-state index in [4.69, 9.17) is 4.74 Å². The first-order valence-electron chi connectivity index (χ1n) is 5.62. The second-order valence-electron chi connectivity index (χ2n) is 3.91. The van der Waals surface area contributed by atoms with E-state index in [-0.39, 0.29) is 0 Å². The zero-order chi connectivity index (χ0) is 12.1. The van der Waals surface area contributed by atoms with E-state index >= 15 is 0 Å². The van der Waals surface area contributed by atoms with Crippen LogP contribution in [-0.2, 0) is 13.0 Å². The lowest BCUT2D eigenvalue weighted by Crippen LogP contribution is -2.05. The zero-order valence-electron chi connectivity index (χ0n) is 10.2. The van der Waals surface area contributed by atoms with E-state index in [2.05, 4.69) is 27.4 Å². The van der Waals surface area contributed by atoms with Crippen LogP contribution in [0.25, 0.3) is 0 Å². The fraction of sp³-hybridized carbons (Fsp3) is 0.308. The van der Waals surface area contributed by atoms with Crippen molar-refractivity contribution in [3.8, 4) is 5.75 Å². The first-order valence-corrected chi connectivity index (χ1v) is 5.62. The molecule has 0 aliphatic rings. The van der Waals surface area contributed by atoms with Crippen molar-refractivity contribution in [3.05, 3.63) is 47.5 Å². The number of imidazole rings is 1. The number of hydrogen-bond acceptors (Lipinski definition) is 3. The summed E-state index contributed by atoms with van der Waals surface area (Å²) in [4.78, 5) is 7.63. The Bertz CT molecular complexity index is 462.